The van der Waals surface area contributed by atoms with Gasteiger partial charge in [0.15, 0.2) is 0 Å². The molecule has 0 aliphatic heterocycles. The van der Waals surface area contributed by atoms with E-state index >= 15 is 0 Å². The molecule has 2 rings (SSSR count). The minimum absolute atomic E-state index is 0.166. The Kier molecular flexibility index (Phi) is 4.54. The van der Waals surface area contributed by atoms with Gasteiger partial charge in [0, 0.05) is 18.1 Å². The lowest BCUT2D eigenvalue weighted by molar-refractivity contribution is 0.159. The van der Waals surface area contributed by atoms with Crippen molar-refractivity contribution in [1.82, 2.24) is 15.1 Å². The fourth-order valence-corrected chi connectivity index (χ4v) is 2.56. The highest BCUT2D eigenvalue weighted by atomic mass is 35.5. The molecular formula is C14H24ClN3O. The Morgan fingerprint density at radius 2 is 2.16 bits per heavy atom. The molecule has 1 saturated carbocycles. The van der Waals surface area contributed by atoms with Crippen LogP contribution >= 0.6 is 11.6 Å². The predicted molar refractivity (Wildman–Crippen MR) is 77.6 cm³/mol. The van der Waals surface area contributed by atoms with Crippen molar-refractivity contribution in [2.45, 2.75) is 64.6 Å². The summed E-state index contributed by atoms with van der Waals surface area (Å²) in [6.45, 7) is 7.05. The number of nitrogens with zero attached hydrogens (tertiary/aromatic N) is 2. The van der Waals surface area contributed by atoms with Gasteiger partial charge in [-0.05, 0) is 46.5 Å². The van der Waals surface area contributed by atoms with E-state index in [0.717, 1.165) is 35.8 Å². The molecule has 1 aromatic heterocycles. The van der Waals surface area contributed by atoms with Gasteiger partial charge in [-0.25, -0.2) is 0 Å². The smallest absolute Gasteiger partial charge is 0.0844 e. The molecule has 1 aliphatic carbocycles. The van der Waals surface area contributed by atoms with E-state index < -0.39 is 0 Å². The van der Waals surface area contributed by atoms with Gasteiger partial charge in [0.2, 0.25) is 0 Å². The van der Waals surface area contributed by atoms with E-state index in [2.05, 4.69) is 17.3 Å². The minimum atomic E-state index is -0.166. The van der Waals surface area contributed by atoms with Crippen molar-refractivity contribution >= 4 is 11.6 Å². The van der Waals surface area contributed by atoms with Crippen LogP contribution in [-0.2, 0) is 6.54 Å². The largest absolute Gasteiger partial charge is 0.394 e. The van der Waals surface area contributed by atoms with Gasteiger partial charge in [-0.2, -0.15) is 5.10 Å². The number of rotatable bonds is 7. The molecule has 5 heteroatoms. The fraction of sp³-hybridized carbons (Fsp3) is 0.786. The van der Waals surface area contributed by atoms with Gasteiger partial charge in [0.1, 0.15) is 0 Å². The van der Waals surface area contributed by atoms with Crippen molar-refractivity contribution in [1.29, 1.82) is 0 Å². The van der Waals surface area contributed by atoms with Crippen LogP contribution in [-0.4, -0.2) is 33.1 Å². The van der Waals surface area contributed by atoms with E-state index in [1.807, 2.05) is 18.5 Å². The maximum atomic E-state index is 9.56. The topological polar surface area (TPSA) is 50.1 Å². The lowest BCUT2D eigenvalue weighted by atomic mass is 9.96. The molecule has 0 saturated heterocycles. The number of aliphatic hydroxyl groups excluding tert-OH is 1. The first-order valence-corrected chi connectivity index (χ1v) is 7.41. The van der Waals surface area contributed by atoms with Crippen LogP contribution < -0.4 is 5.32 Å². The maximum Gasteiger partial charge on any atom is 0.0844 e. The van der Waals surface area contributed by atoms with Gasteiger partial charge in [-0.15, -0.1) is 0 Å². The molecule has 0 spiro atoms. The Morgan fingerprint density at radius 3 is 2.63 bits per heavy atom. The molecule has 0 aromatic carbocycles. The zero-order valence-corrected chi connectivity index (χ0v) is 12.8. The highest BCUT2D eigenvalue weighted by Crippen LogP contribution is 2.25. The molecule has 1 atom stereocenters. The first kappa shape index (κ1) is 14.8. The van der Waals surface area contributed by atoms with Crippen LogP contribution in [0.5, 0.6) is 0 Å². The molecule has 1 fully saturated rings. The highest BCUT2D eigenvalue weighted by Gasteiger charge is 2.31. The number of halogens is 1. The number of aromatic nitrogens is 2. The van der Waals surface area contributed by atoms with Gasteiger partial charge in [-0.3, -0.25) is 4.68 Å². The van der Waals surface area contributed by atoms with Gasteiger partial charge in [0.05, 0.1) is 23.0 Å². The van der Waals surface area contributed by atoms with E-state index in [4.69, 9.17) is 11.6 Å². The Bertz CT molecular complexity index is 442. The molecule has 0 bridgehead atoms. The Hall–Kier alpha value is -0.580. The first-order valence-electron chi connectivity index (χ1n) is 7.03. The zero-order chi connectivity index (χ0) is 14.0. The third kappa shape index (κ3) is 3.71. The van der Waals surface area contributed by atoms with Crippen LogP contribution in [0.25, 0.3) is 0 Å². The van der Waals surface area contributed by atoms with E-state index in [-0.39, 0.29) is 12.1 Å². The molecule has 1 aromatic rings. The summed E-state index contributed by atoms with van der Waals surface area (Å²) in [7, 11) is 0. The lowest BCUT2D eigenvalue weighted by Gasteiger charge is -2.29. The predicted octanol–water partition coefficient (Wildman–Crippen LogP) is 2.44. The molecule has 1 unspecified atom stereocenters. The minimum Gasteiger partial charge on any atom is -0.394 e. The molecule has 1 aliphatic rings. The van der Waals surface area contributed by atoms with E-state index in [0.29, 0.717) is 6.04 Å². The maximum absolute atomic E-state index is 9.56. The van der Waals surface area contributed by atoms with Crippen LogP contribution in [0.2, 0.25) is 5.02 Å². The fourth-order valence-electron chi connectivity index (χ4n) is 2.43. The Morgan fingerprint density at radius 1 is 1.47 bits per heavy atom. The summed E-state index contributed by atoms with van der Waals surface area (Å²) in [4.78, 5) is 0. The summed E-state index contributed by atoms with van der Waals surface area (Å²) < 4.78 is 1.96. The Balaban J connectivity index is 1.85. The second-order valence-corrected chi connectivity index (χ2v) is 6.33. The molecule has 0 amide bonds. The number of hydrogen-bond acceptors (Lipinski definition) is 3. The molecule has 1 heterocycles. The normalized spacial score (nSPS) is 18.6. The molecule has 108 valence electrons. The molecule has 0 radical (unpaired) electrons. The van der Waals surface area contributed by atoms with Crippen molar-refractivity contribution in [3.8, 4) is 0 Å². The van der Waals surface area contributed by atoms with Gasteiger partial charge in [-0.1, -0.05) is 11.6 Å². The third-order valence-electron chi connectivity index (χ3n) is 3.87. The second-order valence-electron chi connectivity index (χ2n) is 5.95. The van der Waals surface area contributed by atoms with Crippen LogP contribution in [0.15, 0.2) is 0 Å². The number of hydrogen-bond donors (Lipinski definition) is 2. The standard InChI is InChI=1S/C14H24ClN3O/c1-10-13(15)11(2)18(17-10)8-4-7-14(3,9-19)16-12-5-6-12/h12,16,19H,4-9H2,1-3H3. The molecule has 4 nitrogen and oxygen atoms in total. The van der Waals surface area contributed by atoms with Crippen LogP contribution in [0.4, 0.5) is 0 Å². The summed E-state index contributed by atoms with van der Waals surface area (Å²) in [6, 6.07) is 0.611. The van der Waals surface area contributed by atoms with Crippen molar-refractivity contribution in [3.63, 3.8) is 0 Å². The molecule has 2 N–H and O–H groups in total. The SMILES string of the molecule is Cc1nn(CCCC(C)(CO)NC2CC2)c(C)c1Cl. The highest BCUT2D eigenvalue weighted by molar-refractivity contribution is 6.31. The van der Waals surface area contributed by atoms with Gasteiger partial charge in [0.25, 0.3) is 0 Å². The Labute approximate surface area is 120 Å². The van der Waals surface area contributed by atoms with Crippen molar-refractivity contribution in [2.24, 2.45) is 0 Å². The average Bonchev–Trinajstić information content (AvgIpc) is 3.15. The zero-order valence-electron chi connectivity index (χ0n) is 12.0. The summed E-state index contributed by atoms with van der Waals surface area (Å²) in [6.07, 6.45) is 4.40. The van der Waals surface area contributed by atoms with Crippen LogP contribution in [0, 0.1) is 13.8 Å². The van der Waals surface area contributed by atoms with E-state index in [1.165, 1.54) is 12.8 Å². The summed E-state index contributed by atoms with van der Waals surface area (Å²) in [5.41, 5.74) is 1.75. The van der Waals surface area contributed by atoms with Crippen molar-refractivity contribution < 1.29 is 5.11 Å². The first-order chi connectivity index (χ1) is 8.95. The monoisotopic (exact) mass is 285 g/mol. The van der Waals surface area contributed by atoms with Crippen LogP contribution in [0.3, 0.4) is 0 Å². The third-order valence-corrected chi connectivity index (χ3v) is 4.42. The van der Waals surface area contributed by atoms with Gasteiger partial charge < -0.3 is 10.4 Å². The lowest BCUT2D eigenvalue weighted by Crippen LogP contribution is -2.47. The quantitative estimate of drug-likeness (QED) is 0.809. The van der Waals surface area contributed by atoms with Crippen molar-refractivity contribution in [2.75, 3.05) is 6.61 Å². The van der Waals surface area contributed by atoms with E-state index in [1.54, 1.807) is 0 Å². The summed E-state index contributed by atoms with van der Waals surface area (Å²) >= 11 is 6.14. The van der Waals surface area contributed by atoms with Crippen LogP contribution in [0.1, 0.15) is 44.0 Å². The summed E-state index contributed by atoms with van der Waals surface area (Å²) in [5, 5.41) is 18.3. The van der Waals surface area contributed by atoms with Crippen molar-refractivity contribution in [3.05, 3.63) is 16.4 Å². The molecular weight excluding hydrogens is 262 g/mol. The number of nitrogens with one attached hydrogen (secondary N) is 1. The number of aliphatic hydroxyl groups is 1. The second kappa shape index (κ2) is 5.81. The summed E-state index contributed by atoms with van der Waals surface area (Å²) in [5.74, 6) is 0. The molecule has 19 heavy (non-hydrogen) atoms. The number of aryl methyl sites for hydroxylation is 2. The van der Waals surface area contributed by atoms with E-state index in [9.17, 15) is 5.11 Å². The average molecular weight is 286 g/mol. The van der Waals surface area contributed by atoms with Gasteiger partial charge >= 0.3 is 0 Å².